The first-order valence-electron chi connectivity index (χ1n) is 19.1. The molecular weight excluding hydrogens is 889 g/mol. The normalized spacial score (nSPS) is 11.6. The van der Waals surface area contributed by atoms with E-state index >= 15 is 26.3 Å². The average molecular weight is 907 g/mol. The van der Waals surface area contributed by atoms with E-state index in [9.17, 15) is 26.3 Å². The van der Waals surface area contributed by atoms with Gasteiger partial charge in [-0.3, -0.25) is 0 Å². The molecule has 66 heavy (non-hydrogen) atoms. The molecule has 0 atom stereocenters. The number of hydrogen-bond acceptors (Lipinski definition) is 6. The Labute approximate surface area is 361 Å². The highest BCUT2D eigenvalue weighted by molar-refractivity contribution is 6.30. The monoisotopic (exact) mass is 906 g/mol. The number of halogens is 12. The zero-order valence-electron chi connectivity index (χ0n) is 32.6. The molecule has 0 amide bonds. The molecule has 0 fully saturated rings. The van der Waals surface area contributed by atoms with Crippen molar-refractivity contribution in [2.24, 2.45) is 0 Å². The quantitative estimate of drug-likeness (QED) is 0.122. The summed E-state index contributed by atoms with van der Waals surface area (Å²) < 4.78 is 181. The fraction of sp³-hybridized carbons (Fsp3) is 0. The molecule has 10 aromatic rings. The Bertz CT molecular complexity index is 3180. The molecular formula is C48H18F12N6. The van der Waals surface area contributed by atoms with Gasteiger partial charge in [0.2, 0.25) is 0 Å². The van der Waals surface area contributed by atoms with Gasteiger partial charge in [0.15, 0.2) is 17.5 Å². The van der Waals surface area contributed by atoms with Crippen molar-refractivity contribution in [2.75, 3.05) is 0 Å². The van der Waals surface area contributed by atoms with Gasteiger partial charge in [-0.2, -0.15) is 0 Å². The van der Waals surface area contributed by atoms with E-state index in [1.54, 1.807) is 0 Å². The van der Waals surface area contributed by atoms with E-state index in [2.05, 4.69) is 29.9 Å². The molecule has 0 unspecified atom stereocenters. The van der Waals surface area contributed by atoms with Crippen LogP contribution in [0, 0.1) is 69.8 Å². The van der Waals surface area contributed by atoms with Crippen LogP contribution in [0.25, 0.3) is 101 Å². The maximum Gasteiger partial charge on any atom is 0.160 e. The molecule has 0 aliphatic carbocycles. The molecule has 18 heteroatoms. The van der Waals surface area contributed by atoms with Gasteiger partial charge in [-0.1, -0.05) is 0 Å². The van der Waals surface area contributed by atoms with E-state index < -0.39 is 121 Å². The largest absolute Gasteiger partial charge is 0.227 e. The van der Waals surface area contributed by atoms with Gasteiger partial charge in [0.25, 0.3) is 0 Å². The number of fused-ring (bicyclic) bond motifs is 6. The summed E-state index contributed by atoms with van der Waals surface area (Å²) >= 11 is 0. The zero-order valence-corrected chi connectivity index (χ0v) is 32.6. The summed E-state index contributed by atoms with van der Waals surface area (Å²) in [7, 11) is 0. The zero-order chi connectivity index (χ0) is 46.3. The van der Waals surface area contributed by atoms with Gasteiger partial charge in [-0.25, -0.2) is 82.6 Å². The second-order valence-corrected chi connectivity index (χ2v) is 14.8. The first-order chi connectivity index (χ1) is 31.5. The third-order valence-corrected chi connectivity index (χ3v) is 10.2. The molecule has 0 saturated carbocycles. The Morgan fingerprint density at radius 2 is 0.364 bits per heavy atom. The summed E-state index contributed by atoms with van der Waals surface area (Å²) in [6.07, 6.45) is 0. The summed E-state index contributed by atoms with van der Waals surface area (Å²) in [6.45, 7) is 0. The second kappa shape index (κ2) is 15.8. The summed E-state index contributed by atoms with van der Waals surface area (Å²) in [5.74, 6) is -15.3. The maximum atomic E-state index is 15.3. The van der Waals surface area contributed by atoms with Crippen LogP contribution in [0.15, 0.2) is 109 Å². The molecule has 0 spiro atoms. The van der Waals surface area contributed by atoms with Crippen molar-refractivity contribution in [3.63, 3.8) is 0 Å². The number of benzene rings is 7. The van der Waals surface area contributed by atoms with Crippen molar-refractivity contribution in [2.45, 2.75) is 0 Å². The third kappa shape index (κ3) is 7.65. The fourth-order valence-electron chi connectivity index (χ4n) is 7.73. The minimum Gasteiger partial charge on any atom is -0.227 e. The molecule has 0 aliphatic rings. The Morgan fingerprint density at radius 1 is 0.197 bits per heavy atom. The SMILES string of the molecule is Fc1cc(F)cc(-c2nc(-c3cc(F)cc(F)c3)c3c(n2)c2c(-c4cc(F)cc(F)c4)nc(-c4cc(F)cc(F)c4)nc2c2c(-c4cc(F)cc(F)c4)nc(-c4cc(F)cc(F)c4)nc32)c1. The lowest BCUT2D eigenvalue weighted by molar-refractivity contribution is 0.583. The van der Waals surface area contributed by atoms with Gasteiger partial charge < -0.3 is 0 Å². The molecule has 3 aromatic heterocycles. The van der Waals surface area contributed by atoms with Crippen molar-refractivity contribution in [3.8, 4) is 67.9 Å². The molecule has 10 rings (SSSR count). The highest BCUT2D eigenvalue weighted by atomic mass is 19.2. The Balaban J connectivity index is 1.54. The molecule has 6 nitrogen and oxygen atoms in total. The number of rotatable bonds is 6. The lowest BCUT2D eigenvalue weighted by Crippen LogP contribution is -2.05. The van der Waals surface area contributed by atoms with Gasteiger partial charge in [-0.15, -0.1) is 0 Å². The summed E-state index contributed by atoms with van der Waals surface area (Å²) in [6, 6.07) is 12.9. The van der Waals surface area contributed by atoms with Gasteiger partial charge in [0.1, 0.15) is 69.8 Å². The van der Waals surface area contributed by atoms with E-state index in [4.69, 9.17) is 0 Å². The van der Waals surface area contributed by atoms with Gasteiger partial charge >= 0.3 is 0 Å². The van der Waals surface area contributed by atoms with Crippen LogP contribution >= 0.6 is 0 Å². The van der Waals surface area contributed by atoms with Crippen LogP contribution < -0.4 is 0 Å². The lowest BCUT2D eigenvalue weighted by atomic mass is 9.94. The molecule has 3 heterocycles. The second-order valence-electron chi connectivity index (χ2n) is 14.8. The van der Waals surface area contributed by atoms with Crippen LogP contribution in [-0.4, -0.2) is 29.9 Å². The molecule has 0 bridgehead atoms. The highest BCUT2D eigenvalue weighted by Gasteiger charge is 2.29. The van der Waals surface area contributed by atoms with E-state index in [-0.39, 0.29) is 49.5 Å². The molecule has 0 radical (unpaired) electrons. The molecule has 324 valence electrons. The Hall–Kier alpha value is -8.28. The first-order valence-corrected chi connectivity index (χ1v) is 19.1. The van der Waals surface area contributed by atoms with Crippen LogP contribution in [0.2, 0.25) is 0 Å². The van der Waals surface area contributed by atoms with E-state index in [0.717, 1.165) is 72.8 Å². The highest BCUT2D eigenvalue weighted by Crippen LogP contribution is 2.46. The van der Waals surface area contributed by atoms with Gasteiger partial charge in [0, 0.05) is 69.8 Å². The summed E-state index contributed by atoms with van der Waals surface area (Å²) in [4.78, 5) is 27.5. The minimum atomic E-state index is -1.16. The molecule has 0 N–H and O–H groups in total. The standard InChI is InChI=1S/C48H18F12N6/c49-25-1-19(2-26(50)13-25)40-37-43(64-46(61-40)22-7-31(55)16-32(56)8-22)38-41(20-3-27(51)14-28(52)4-20)63-48(24-11-35(59)18-36(60)12-24)66-45(38)39-42(21-5-29(53)15-30(54)6-21)62-47(65-44(37)39)23-9-33(57)17-34(58)10-23/h1-18H. The van der Waals surface area contributed by atoms with E-state index in [1.807, 2.05) is 0 Å². The van der Waals surface area contributed by atoms with Crippen LogP contribution in [0.5, 0.6) is 0 Å². The smallest absolute Gasteiger partial charge is 0.160 e. The van der Waals surface area contributed by atoms with Gasteiger partial charge in [-0.05, 0) is 72.8 Å². The van der Waals surface area contributed by atoms with Crippen molar-refractivity contribution in [1.29, 1.82) is 0 Å². The molecule has 0 aliphatic heterocycles. The number of aromatic nitrogens is 6. The van der Waals surface area contributed by atoms with Crippen LogP contribution in [0.1, 0.15) is 0 Å². The van der Waals surface area contributed by atoms with Crippen LogP contribution in [0.4, 0.5) is 52.7 Å². The van der Waals surface area contributed by atoms with Gasteiger partial charge in [0.05, 0.1) is 49.8 Å². The van der Waals surface area contributed by atoms with Crippen molar-refractivity contribution in [3.05, 3.63) is 179 Å². The van der Waals surface area contributed by atoms with Crippen molar-refractivity contribution in [1.82, 2.24) is 29.9 Å². The predicted molar refractivity (Wildman–Crippen MR) is 218 cm³/mol. The minimum absolute atomic E-state index is 0.360. The fourth-order valence-corrected chi connectivity index (χ4v) is 7.73. The molecule has 0 saturated heterocycles. The predicted octanol–water partition coefficient (Wildman–Crippen LogP) is 13.2. The average Bonchev–Trinajstić information content (AvgIpc) is 3.23. The third-order valence-electron chi connectivity index (χ3n) is 10.2. The van der Waals surface area contributed by atoms with Crippen LogP contribution in [0.3, 0.4) is 0 Å². The lowest BCUT2D eigenvalue weighted by Gasteiger charge is -2.19. The number of hydrogen-bond donors (Lipinski definition) is 0. The topological polar surface area (TPSA) is 77.3 Å². The van der Waals surface area contributed by atoms with E-state index in [1.165, 1.54) is 0 Å². The first kappa shape index (κ1) is 41.7. The Kier molecular flexibility index (Phi) is 9.96. The maximum absolute atomic E-state index is 15.3. The summed E-state index contributed by atoms with van der Waals surface area (Å²) in [5.41, 5.74) is -4.96. The molecule has 7 aromatic carbocycles. The van der Waals surface area contributed by atoms with Crippen LogP contribution in [-0.2, 0) is 0 Å². The number of nitrogens with zero attached hydrogens (tertiary/aromatic N) is 6. The Morgan fingerprint density at radius 3 is 0.545 bits per heavy atom. The van der Waals surface area contributed by atoms with Crippen molar-refractivity contribution >= 4 is 32.7 Å². The summed E-state index contributed by atoms with van der Waals surface area (Å²) in [5, 5.41) is -1.10. The van der Waals surface area contributed by atoms with E-state index in [0.29, 0.717) is 36.4 Å². The van der Waals surface area contributed by atoms with Crippen molar-refractivity contribution < 1.29 is 52.7 Å².